The number of nitrogens with zero attached hydrogens (tertiary/aromatic N) is 1. The number of quaternary nitrogens is 1. The van der Waals surface area contributed by atoms with Crippen LogP contribution in [0.25, 0.3) is 0 Å². The first kappa shape index (κ1) is 18.0. The molecule has 0 spiro atoms. The molecule has 0 amide bonds. The van der Waals surface area contributed by atoms with Crippen LogP contribution in [-0.2, 0) is 0 Å². The van der Waals surface area contributed by atoms with Crippen molar-refractivity contribution in [2.75, 3.05) is 19.6 Å². The van der Waals surface area contributed by atoms with Crippen LogP contribution in [-0.4, -0.2) is 29.8 Å². The number of aliphatic hydroxyl groups is 1. The highest BCUT2D eigenvalue weighted by molar-refractivity contribution is 5.48. The Labute approximate surface area is 151 Å². The maximum atomic E-state index is 10.6. The minimum Gasteiger partial charge on any atom is -0.508 e. The molecule has 1 aliphatic heterocycles. The van der Waals surface area contributed by atoms with Gasteiger partial charge in [-0.25, -0.2) is 0 Å². The summed E-state index contributed by atoms with van der Waals surface area (Å²) in [6.45, 7) is 7.67. The molecule has 0 radical (unpaired) electrons. The summed E-state index contributed by atoms with van der Waals surface area (Å²) < 4.78 is 0.851. The summed E-state index contributed by atoms with van der Waals surface area (Å²) in [7, 11) is 0. The van der Waals surface area contributed by atoms with Gasteiger partial charge in [-0.05, 0) is 23.6 Å². The topological polar surface area (TPSA) is 40.5 Å². The van der Waals surface area contributed by atoms with E-state index in [9.17, 15) is 10.2 Å². The molecule has 25 heavy (non-hydrogen) atoms. The number of rotatable bonds is 5. The number of hydrogen-bond donors (Lipinski definition) is 2. The Morgan fingerprint density at radius 1 is 1.04 bits per heavy atom. The molecule has 2 aromatic carbocycles. The first-order valence-corrected chi connectivity index (χ1v) is 9.39. The monoisotopic (exact) mass is 340 g/mol. The fourth-order valence-corrected chi connectivity index (χ4v) is 4.12. The van der Waals surface area contributed by atoms with Crippen LogP contribution in [0.3, 0.4) is 0 Å². The molecule has 2 aromatic rings. The van der Waals surface area contributed by atoms with Gasteiger partial charge in [-0.15, -0.1) is 0 Å². The van der Waals surface area contributed by atoms with Gasteiger partial charge < -0.3 is 10.2 Å². The second kappa shape index (κ2) is 7.59. The van der Waals surface area contributed by atoms with Crippen molar-refractivity contribution in [1.29, 1.82) is 0 Å². The van der Waals surface area contributed by atoms with Gasteiger partial charge in [0.1, 0.15) is 11.4 Å². The summed E-state index contributed by atoms with van der Waals surface area (Å²) in [4.78, 5) is 0. The SMILES string of the molecule is CC1CC[N@@+](CC[C@@H](O)c2ccccc2)(c2cccc(O)c2)C[C@@H]1C. The summed E-state index contributed by atoms with van der Waals surface area (Å²) in [5.74, 6) is 1.68. The number of aromatic hydroxyl groups is 1. The molecule has 0 bridgehead atoms. The number of likely N-dealkylation sites (tertiary alicyclic amines) is 1. The molecule has 1 saturated heterocycles. The molecule has 4 atom stereocenters. The van der Waals surface area contributed by atoms with Crippen LogP contribution in [0.2, 0.25) is 0 Å². The highest BCUT2D eigenvalue weighted by Gasteiger charge is 2.39. The highest BCUT2D eigenvalue weighted by atomic mass is 16.3. The summed E-state index contributed by atoms with van der Waals surface area (Å²) in [5, 5.41) is 20.6. The minimum absolute atomic E-state index is 0.324. The van der Waals surface area contributed by atoms with Crippen molar-refractivity contribution in [2.45, 2.75) is 32.8 Å². The van der Waals surface area contributed by atoms with Gasteiger partial charge in [0.25, 0.3) is 0 Å². The largest absolute Gasteiger partial charge is 0.508 e. The summed E-state index contributed by atoms with van der Waals surface area (Å²) >= 11 is 0. The maximum absolute atomic E-state index is 10.6. The Morgan fingerprint density at radius 3 is 2.48 bits per heavy atom. The van der Waals surface area contributed by atoms with Crippen molar-refractivity contribution < 1.29 is 10.2 Å². The van der Waals surface area contributed by atoms with Crippen LogP contribution in [0, 0.1) is 11.8 Å². The zero-order chi connectivity index (χ0) is 17.9. The molecule has 1 unspecified atom stereocenters. The lowest BCUT2D eigenvalue weighted by Gasteiger charge is -2.46. The number of hydrogen-bond acceptors (Lipinski definition) is 2. The van der Waals surface area contributed by atoms with Gasteiger partial charge in [-0.2, -0.15) is 0 Å². The second-order valence-electron chi connectivity index (χ2n) is 7.75. The molecule has 1 heterocycles. The molecule has 1 aliphatic rings. The van der Waals surface area contributed by atoms with Gasteiger partial charge in [0.15, 0.2) is 0 Å². The first-order valence-electron chi connectivity index (χ1n) is 9.39. The molecule has 1 fully saturated rings. The number of phenols is 1. The van der Waals surface area contributed by atoms with E-state index < -0.39 is 6.10 Å². The molecule has 3 heteroatoms. The highest BCUT2D eigenvalue weighted by Crippen LogP contribution is 2.36. The smallest absolute Gasteiger partial charge is 0.136 e. The summed E-state index contributed by atoms with van der Waals surface area (Å²) in [5.41, 5.74) is 2.15. The van der Waals surface area contributed by atoms with E-state index in [4.69, 9.17) is 0 Å². The third-order valence-corrected chi connectivity index (χ3v) is 6.01. The second-order valence-corrected chi connectivity index (χ2v) is 7.75. The van der Waals surface area contributed by atoms with Crippen molar-refractivity contribution in [3.8, 4) is 5.75 Å². The number of benzene rings is 2. The number of piperidine rings is 1. The summed E-state index contributed by atoms with van der Waals surface area (Å²) in [6, 6.07) is 17.6. The van der Waals surface area contributed by atoms with Crippen molar-refractivity contribution in [3.63, 3.8) is 0 Å². The van der Waals surface area contributed by atoms with E-state index in [-0.39, 0.29) is 0 Å². The molecule has 0 aliphatic carbocycles. The normalized spacial score (nSPS) is 27.8. The zero-order valence-electron chi connectivity index (χ0n) is 15.3. The average Bonchev–Trinajstić information content (AvgIpc) is 2.63. The van der Waals surface area contributed by atoms with Crippen LogP contribution in [0.1, 0.15) is 38.4 Å². The van der Waals surface area contributed by atoms with Gasteiger partial charge in [0.05, 0.1) is 25.7 Å². The van der Waals surface area contributed by atoms with E-state index in [1.54, 1.807) is 6.07 Å². The van der Waals surface area contributed by atoms with Crippen molar-refractivity contribution in [3.05, 3.63) is 60.2 Å². The Morgan fingerprint density at radius 2 is 1.80 bits per heavy atom. The van der Waals surface area contributed by atoms with E-state index in [1.165, 1.54) is 12.1 Å². The van der Waals surface area contributed by atoms with Crippen molar-refractivity contribution >= 4 is 5.69 Å². The van der Waals surface area contributed by atoms with E-state index in [0.29, 0.717) is 11.7 Å². The predicted octanol–water partition coefficient (Wildman–Crippen LogP) is 4.50. The lowest BCUT2D eigenvalue weighted by Crippen LogP contribution is -2.57. The molecular formula is C22H30NO2+. The Kier molecular flexibility index (Phi) is 5.45. The molecule has 2 N–H and O–H groups in total. The Hall–Kier alpha value is -1.84. The predicted molar refractivity (Wildman–Crippen MR) is 103 cm³/mol. The first-order chi connectivity index (χ1) is 12.0. The number of aliphatic hydroxyl groups excluding tert-OH is 1. The number of phenolic OH excluding ortho intramolecular Hbond substituents is 1. The minimum atomic E-state index is -0.442. The fourth-order valence-electron chi connectivity index (χ4n) is 4.12. The van der Waals surface area contributed by atoms with E-state index in [0.717, 1.165) is 42.0 Å². The molecular weight excluding hydrogens is 310 g/mol. The lowest BCUT2D eigenvalue weighted by atomic mass is 9.86. The van der Waals surface area contributed by atoms with Gasteiger partial charge in [-0.1, -0.05) is 50.2 Å². The third kappa shape index (κ3) is 4.05. The van der Waals surface area contributed by atoms with Crippen LogP contribution < -0.4 is 4.48 Å². The van der Waals surface area contributed by atoms with Gasteiger partial charge >= 0.3 is 0 Å². The molecule has 134 valence electrons. The van der Waals surface area contributed by atoms with Gasteiger partial charge in [-0.3, -0.25) is 4.48 Å². The average molecular weight is 340 g/mol. The molecule has 0 aromatic heterocycles. The van der Waals surface area contributed by atoms with E-state index in [2.05, 4.69) is 19.9 Å². The van der Waals surface area contributed by atoms with E-state index in [1.807, 2.05) is 42.5 Å². The van der Waals surface area contributed by atoms with Crippen LogP contribution >= 0.6 is 0 Å². The van der Waals surface area contributed by atoms with Crippen LogP contribution in [0.15, 0.2) is 54.6 Å². The maximum Gasteiger partial charge on any atom is 0.136 e. The van der Waals surface area contributed by atoms with Gasteiger partial charge in [0, 0.05) is 24.8 Å². The van der Waals surface area contributed by atoms with Crippen molar-refractivity contribution in [2.24, 2.45) is 11.8 Å². The Bertz CT molecular complexity index is 687. The third-order valence-electron chi connectivity index (χ3n) is 6.01. The lowest BCUT2D eigenvalue weighted by molar-refractivity contribution is 0.105. The quantitative estimate of drug-likeness (QED) is 0.787. The van der Waals surface area contributed by atoms with Gasteiger partial charge in [0.2, 0.25) is 0 Å². The zero-order valence-corrected chi connectivity index (χ0v) is 15.3. The summed E-state index contributed by atoms with van der Waals surface area (Å²) in [6.07, 6.45) is 1.46. The van der Waals surface area contributed by atoms with Crippen LogP contribution in [0.5, 0.6) is 5.75 Å². The molecule has 3 rings (SSSR count). The Balaban J connectivity index is 1.82. The van der Waals surface area contributed by atoms with Crippen LogP contribution in [0.4, 0.5) is 5.69 Å². The van der Waals surface area contributed by atoms with E-state index >= 15 is 0 Å². The fraction of sp³-hybridized carbons (Fsp3) is 0.455. The van der Waals surface area contributed by atoms with Crippen molar-refractivity contribution in [1.82, 2.24) is 4.48 Å². The molecule has 0 saturated carbocycles. The molecule has 3 nitrogen and oxygen atoms in total. The standard InChI is InChI=1S/C22H29NO2/c1-17-11-13-23(16-18(17)2,20-9-6-10-21(24)15-20)14-12-22(25)19-7-4-3-5-8-19/h3-10,15,17-18,22,25H,11-14,16H2,1-2H3/p+1/t17?,18-,22+,23-/m0/s1.